The van der Waals surface area contributed by atoms with Gasteiger partial charge in [0.05, 0.1) is 0 Å². The van der Waals surface area contributed by atoms with Gasteiger partial charge in [-0.15, -0.1) is 0 Å². The van der Waals surface area contributed by atoms with E-state index in [4.69, 9.17) is 10.9 Å². The molecule has 0 aliphatic carbocycles. The van der Waals surface area contributed by atoms with Crippen molar-refractivity contribution in [2.75, 3.05) is 0 Å². The lowest BCUT2D eigenvalue weighted by Crippen LogP contribution is -2.25. The second-order valence-electron chi connectivity index (χ2n) is 4.29. The van der Waals surface area contributed by atoms with Gasteiger partial charge in [-0.1, -0.05) is 35.5 Å². The molecule has 1 amide bonds. The van der Waals surface area contributed by atoms with Crippen LogP contribution in [0.5, 0.6) is 0 Å². The summed E-state index contributed by atoms with van der Waals surface area (Å²) in [5, 5.41) is 14.1. The minimum atomic E-state index is -0.367. The van der Waals surface area contributed by atoms with E-state index in [2.05, 4.69) is 15.5 Å². The summed E-state index contributed by atoms with van der Waals surface area (Å²) in [4.78, 5) is 25.4. The largest absolute Gasteiger partial charge is 0.409 e. The Balaban J connectivity index is 2.00. The second kappa shape index (κ2) is 6.38. The van der Waals surface area contributed by atoms with Crippen molar-refractivity contribution in [3.8, 4) is 0 Å². The number of benzene rings is 1. The van der Waals surface area contributed by atoms with Gasteiger partial charge in [0.25, 0.3) is 5.91 Å². The number of nitrogens with zero attached hydrogens (tertiary/aromatic N) is 1. The molecular weight excluding hydrogens is 272 g/mol. The maximum Gasteiger partial charge on any atom is 0.268 e. The predicted molar refractivity (Wildman–Crippen MR) is 77.2 cm³/mol. The smallest absolute Gasteiger partial charge is 0.268 e. The Labute approximate surface area is 120 Å². The van der Waals surface area contributed by atoms with Crippen molar-refractivity contribution < 1.29 is 10.0 Å². The Morgan fingerprint density at radius 2 is 1.95 bits per heavy atom. The molecule has 0 atom stereocenters. The van der Waals surface area contributed by atoms with E-state index in [1.165, 1.54) is 18.2 Å². The topological polar surface area (TPSA) is 121 Å². The van der Waals surface area contributed by atoms with Crippen LogP contribution < -0.4 is 16.6 Å². The lowest BCUT2D eigenvalue weighted by molar-refractivity contribution is 0.0945. The summed E-state index contributed by atoms with van der Waals surface area (Å²) in [6, 6.07) is 11.2. The third-order valence-electron chi connectivity index (χ3n) is 2.82. The summed E-state index contributed by atoms with van der Waals surface area (Å²) < 4.78 is 0. The second-order valence-corrected chi connectivity index (χ2v) is 4.29. The summed E-state index contributed by atoms with van der Waals surface area (Å²) in [5.41, 5.74) is 6.76. The van der Waals surface area contributed by atoms with Crippen LogP contribution in [-0.4, -0.2) is 21.9 Å². The summed E-state index contributed by atoms with van der Waals surface area (Å²) in [6.07, 6.45) is 0. The minimum absolute atomic E-state index is 0.0208. The molecular formula is C14H14N4O3. The molecule has 0 spiro atoms. The molecule has 0 unspecified atom stereocenters. The highest BCUT2D eigenvalue weighted by Crippen LogP contribution is 2.04. The number of H-pyrrole nitrogens is 1. The quantitative estimate of drug-likeness (QED) is 0.281. The van der Waals surface area contributed by atoms with E-state index < -0.39 is 0 Å². The summed E-state index contributed by atoms with van der Waals surface area (Å²) in [6.45, 7) is 0.298. The zero-order valence-electron chi connectivity index (χ0n) is 11.0. The van der Waals surface area contributed by atoms with Gasteiger partial charge in [-0.05, 0) is 11.6 Å². The minimum Gasteiger partial charge on any atom is -0.409 e. The number of pyridine rings is 1. The van der Waals surface area contributed by atoms with Crippen LogP contribution in [0.3, 0.4) is 0 Å². The summed E-state index contributed by atoms with van der Waals surface area (Å²) in [5.74, 6) is -0.347. The fourth-order valence-corrected chi connectivity index (χ4v) is 1.71. The van der Waals surface area contributed by atoms with Gasteiger partial charge in [-0.3, -0.25) is 9.59 Å². The van der Waals surface area contributed by atoms with E-state index in [-0.39, 0.29) is 23.0 Å². The maximum absolute atomic E-state index is 11.8. The Morgan fingerprint density at radius 1 is 1.24 bits per heavy atom. The highest BCUT2D eigenvalue weighted by atomic mass is 16.4. The van der Waals surface area contributed by atoms with Crippen LogP contribution in [0.2, 0.25) is 0 Å². The van der Waals surface area contributed by atoms with Crippen molar-refractivity contribution in [3.63, 3.8) is 0 Å². The molecule has 0 aliphatic rings. The monoisotopic (exact) mass is 286 g/mol. The van der Waals surface area contributed by atoms with Gasteiger partial charge in [0.15, 0.2) is 5.84 Å². The molecule has 21 heavy (non-hydrogen) atoms. The Morgan fingerprint density at radius 3 is 2.57 bits per heavy atom. The van der Waals surface area contributed by atoms with E-state index in [1.807, 2.05) is 0 Å². The third kappa shape index (κ3) is 3.69. The number of aromatic amines is 1. The molecule has 7 nitrogen and oxygen atoms in total. The SMILES string of the molecule is N/C(=N/O)c1ccc(CNC(=O)c2cccc(=O)[nH]2)cc1. The first-order chi connectivity index (χ1) is 10.1. The van der Waals surface area contributed by atoms with Crippen molar-refractivity contribution in [2.45, 2.75) is 6.54 Å². The molecule has 1 aromatic heterocycles. The van der Waals surface area contributed by atoms with E-state index in [0.29, 0.717) is 12.1 Å². The van der Waals surface area contributed by atoms with Crippen molar-refractivity contribution >= 4 is 11.7 Å². The fraction of sp³-hybridized carbons (Fsp3) is 0.0714. The first-order valence-electron chi connectivity index (χ1n) is 6.14. The standard InChI is InChI=1S/C14H14N4O3/c15-13(18-21)10-6-4-9(5-7-10)8-16-14(20)11-2-1-3-12(19)17-11/h1-7,21H,8H2,(H2,15,18)(H,16,20)(H,17,19). The molecule has 2 aromatic rings. The van der Waals surface area contributed by atoms with Crippen LogP contribution in [0.15, 0.2) is 52.4 Å². The van der Waals surface area contributed by atoms with Gasteiger partial charge in [0.2, 0.25) is 5.56 Å². The lowest BCUT2D eigenvalue weighted by atomic mass is 10.1. The molecule has 2 rings (SSSR count). The average Bonchev–Trinajstić information content (AvgIpc) is 2.52. The number of aromatic nitrogens is 1. The molecule has 5 N–H and O–H groups in total. The third-order valence-corrected chi connectivity index (χ3v) is 2.82. The van der Waals surface area contributed by atoms with E-state index in [1.54, 1.807) is 24.3 Å². The number of hydrogen-bond donors (Lipinski definition) is 4. The van der Waals surface area contributed by atoms with Crippen LogP contribution in [-0.2, 0) is 6.54 Å². The number of rotatable bonds is 4. The number of nitrogens with two attached hydrogens (primary N) is 1. The molecule has 0 bridgehead atoms. The molecule has 0 radical (unpaired) electrons. The van der Waals surface area contributed by atoms with Crippen molar-refractivity contribution in [3.05, 3.63) is 69.6 Å². The van der Waals surface area contributed by atoms with Crippen molar-refractivity contribution in [1.29, 1.82) is 0 Å². The van der Waals surface area contributed by atoms with Crippen LogP contribution in [0.25, 0.3) is 0 Å². The molecule has 1 heterocycles. The fourth-order valence-electron chi connectivity index (χ4n) is 1.71. The number of oxime groups is 1. The number of carbonyl (C=O) groups is 1. The van der Waals surface area contributed by atoms with Crippen LogP contribution >= 0.6 is 0 Å². The number of carbonyl (C=O) groups excluding carboxylic acids is 1. The Hall–Kier alpha value is -3.09. The van der Waals surface area contributed by atoms with Crippen molar-refractivity contribution in [2.24, 2.45) is 10.9 Å². The van der Waals surface area contributed by atoms with Crippen molar-refractivity contribution in [1.82, 2.24) is 10.3 Å². The highest BCUT2D eigenvalue weighted by molar-refractivity contribution is 5.97. The molecule has 0 aliphatic heterocycles. The molecule has 1 aromatic carbocycles. The molecule has 108 valence electrons. The van der Waals surface area contributed by atoms with Gasteiger partial charge < -0.3 is 21.2 Å². The van der Waals surface area contributed by atoms with Gasteiger partial charge in [0, 0.05) is 18.2 Å². The molecule has 0 fully saturated rings. The van der Waals surface area contributed by atoms with Gasteiger partial charge in [-0.2, -0.15) is 0 Å². The van der Waals surface area contributed by atoms with E-state index >= 15 is 0 Å². The first-order valence-corrected chi connectivity index (χ1v) is 6.14. The van der Waals surface area contributed by atoms with E-state index in [9.17, 15) is 9.59 Å². The maximum atomic E-state index is 11.8. The predicted octanol–water partition coefficient (Wildman–Crippen LogP) is 0.399. The zero-order chi connectivity index (χ0) is 15.2. The van der Waals surface area contributed by atoms with Gasteiger partial charge >= 0.3 is 0 Å². The van der Waals surface area contributed by atoms with Gasteiger partial charge in [0.1, 0.15) is 5.69 Å². The number of hydrogen-bond acceptors (Lipinski definition) is 4. The normalized spacial score (nSPS) is 11.1. The average molecular weight is 286 g/mol. The first kappa shape index (κ1) is 14.3. The lowest BCUT2D eigenvalue weighted by Gasteiger charge is -2.06. The molecule has 7 heteroatoms. The molecule has 0 saturated heterocycles. The molecule has 0 saturated carbocycles. The van der Waals surface area contributed by atoms with E-state index in [0.717, 1.165) is 5.56 Å². The highest BCUT2D eigenvalue weighted by Gasteiger charge is 2.06. The zero-order valence-corrected chi connectivity index (χ0v) is 11.0. The Bertz CT molecular complexity index is 719. The summed E-state index contributed by atoms with van der Waals surface area (Å²) >= 11 is 0. The number of amides is 1. The van der Waals surface area contributed by atoms with Crippen LogP contribution in [0.1, 0.15) is 21.6 Å². The van der Waals surface area contributed by atoms with Gasteiger partial charge in [-0.25, -0.2) is 0 Å². The number of amidine groups is 1. The Kier molecular flexibility index (Phi) is 4.35. The number of nitrogens with one attached hydrogen (secondary N) is 2. The summed E-state index contributed by atoms with van der Waals surface area (Å²) in [7, 11) is 0. The van der Waals surface area contributed by atoms with Crippen LogP contribution in [0.4, 0.5) is 0 Å². The van der Waals surface area contributed by atoms with Crippen LogP contribution in [0, 0.1) is 0 Å².